The molecule has 0 rings (SSSR count). The van der Waals surface area contributed by atoms with Gasteiger partial charge in [-0.05, 0) is 25.8 Å². The third kappa shape index (κ3) is 5.21. The van der Waals surface area contributed by atoms with Crippen LogP contribution in [0.25, 0.3) is 0 Å². The Hall–Kier alpha value is -1.51. The van der Waals surface area contributed by atoms with E-state index in [4.69, 9.17) is 0 Å². The molecule has 0 amide bonds. The number of rotatable bonds is 6. The molecule has 0 heterocycles. The van der Waals surface area contributed by atoms with E-state index in [-0.39, 0.29) is 0 Å². The lowest BCUT2D eigenvalue weighted by atomic mass is 10.0. The monoisotopic (exact) mass is 249 g/mol. The van der Waals surface area contributed by atoms with Crippen LogP contribution in [0.4, 0.5) is 0 Å². The van der Waals surface area contributed by atoms with Crippen molar-refractivity contribution >= 4 is 5.71 Å². The summed E-state index contributed by atoms with van der Waals surface area (Å²) in [5.41, 5.74) is 4.48. The van der Waals surface area contributed by atoms with Crippen LogP contribution in [-0.4, -0.2) is 38.8 Å². The minimum absolute atomic E-state index is 1.02. The molecule has 0 unspecified atom stereocenters. The van der Waals surface area contributed by atoms with E-state index in [2.05, 4.69) is 49.4 Å². The Morgan fingerprint density at radius 3 is 2.28 bits per heavy atom. The number of hydrogen-bond donors (Lipinski definition) is 1. The van der Waals surface area contributed by atoms with Crippen LogP contribution in [0.15, 0.2) is 40.2 Å². The second-order valence-corrected chi connectivity index (χ2v) is 4.43. The van der Waals surface area contributed by atoms with E-state index in [1.54, 1.807) is 0 Å². The molecule has 0 aromatic heterocycles. The number of nitrogens with zero attached hydrogens (tertiary/aromatic N) is 2. The van der Waals surface area contributed by atoms with Gasteiger partial charge >= 0.3 is 0 Å². The van der Waals surface area contributed by atoms with Gasteiger partial charge in [-0.1, -0.05) is 19.1 Å². The van der Waals surface area contributed by atoms with Gasteiger partial charge in [0.15, 0.2) is 0 Å². The Kier molecular flexibility index (Phi) is 7.84. The van der Waals surface area contributed by atoms with Crippen molar-refractivity contribution in [2.45, 2.75) is 27.2 Å². The summed E-state index contributed by atoms with van der Waals surface area (Å²) < 4.78 is 0. The van der Waals surface area contributed by atoms with Gasteiger partial charge in [-0.2, -0.15) is 0 Å². The van der Waals surface area contributed by atoms with E-state index < -0.39 is 0 Å². The maximum Gasteiger partial charge on any atom is 0.0703 e. The molecule has 0 saturated carbocycles. The first-order valence-electron chi connectivity index (χ1n) is 6.35. The predicted octanol–water partition coefficient (Wildman–Crippen LogP) is 2.98. The smallest absolute Gasteiger partial charge is 0.0703 e. The van der Waals surface area contributed by atoms with Crippen LogP contribution >= 0.6 is 0 Å². The summed E-state index contributed by atoms with van der Waals surface area (Å²) in [4.78, 5) is 6.48. The van der Waals surface area contributed by atoms with Gasteiger partial charge in [0.2, 0.25) is 0 Å². The van der Waals surface area contributed by atoms with E-state index in [0.29, 0.717) is 0 Å². The Balaban J connectivity index is 5.53. The molecule has 0 radical (unpaired) electrons. The third-order valence-electron chi connectivity index (χ3n) is 2.72. The molecule has 0 spiro atoms. The first kappa shape index (κ1) is 16.5. The minimum atomic E-state index is 1.02. The van der Waals surface area contributed by atoms with Crippen molar-refractivity contribution < 1.29 is 0 Å². The second kappa shape index (κ2) is 8.56. The van der Waals surface area contributed by atoms with Gasteiger partial charge in [0.25, 0.3) is 0 Å². The van der Waals surface area contributed by atoms with Crippen molar-refractivity contribution in [2.75, 3.05) is 28.2 Å². The van der Waals surface area contributed by atoms with Crippen molar-refractivity contribution in [2.24, 2.45) is 4.99 Å². The average Bonchev–Trinajstić information content (AvgIpc) is 2.34. The summed E-state index contributed by atoms with van der Waals surface area (Å²) >= 11 is 0. The summed E-state index contributed by atoms with van der Waals surface area (Å²) in [5, 5.41) is 3.18. The molecule has 0 aliphatic heterocycles. The number of hydrogen-bond acceptors (Lipinski definition) is 3. The molecule has 0 aromatic rings. The average molecular weight is 249 g/mol. The lowest BCUT2D eigenvalue weighted by molar-refractivity contribution is 0.562. The van der Waals surface area contributed by atoms with E-state index >= 15 is 0 Å². The molecule has 1 N–H and O–H groups in total. The van der Waals surface area contributed by atoms with Crippen LogP contribution in [0, 0.1) is 0 Å². The Morgan fingerprint density at radius 2 is 1.89 bits per heavy atom. The van der Waals surface area contributed by atoms with Gasteiger partial charge in [0.1, 0.15) is 0 Å². The topological polar surface area (TPSA) is 27.6 Å². The summed E-state index contributed by atoms with van der Waals surface area (Å²) in [5.74, 6) is 0. The largest absolute Gasteiger partial charge is 0.391 e. The SMILES string of the molecule is CC/C=C/C(=C\N(C)C)C(=N/C)/C(C)=C(\C)NC. The molecular weight excluding hydrogens is 222 g/mol. The first-order valence-corrected chi connectivity index (χ1v) is 6.35. The van der Waals surface area contributed by atoms with Crippen LogP contribution in [0.5, 0.6) is 0 Å². The molecule has 18 heavy (non-hydrogen) atoms. The molecule has 3 heteroatoms. The molecular formula is C15H27N3. The zero-order valence-corrected chi connectivity index (χ0v) is 12.8. The van der Waals surface area contributed by atoms with Crippen LogP contribution < -0.4 is 5.32 Å². The number of allylic oxidation sites excluding steroid dienone is 5. The third-order valence-corrected chi connectivity index (χ3v) is 2.72. The van der Waals surface area contributed by atoms with Crippen molar-refractivity contribution in [3.05, 3.63) is 35.2 Å². The molecule has 0 fully saturated rings. The molecule has 0 bridgehead atoms. The van der Waals surface area contributed by atoms with Gasteiger partial charge in [-0.15, -0.1) is 0 Å². The summed E-state index contributed by atoms with van der Waals surface area (Å²) in [7, 11) is 7.82. The first-order chi connectivity index (χ1) is 8.47. The van der Waals surface area contributed by atoms with Gasteiger partial charge < -0.3 is 10.2 Å². The highest BCUT2D eigenvalue weighted by atomic mass is 15.0. The Morgan fingerprint density at radius 1 is 1.28 bits per heavy atom. The van der Waals surface area contributed by atoms with Gasteiger partial charge in [0, 0.05) is 45.7 Å². The normalized spacial score (nSPS) is 14.8. The predicted molar refractivity (Wildman–Crippen MR) is 82.0 cm³/mol. The minimum Gasteiger partial charge on any atom is -0.391 e. The Labute approximate surface area is 112 Å². The number of aliphatic imine (C=N–C) groups is 1. The van der Waals surface area contributed by atoms with E-state index in [9.17, 15) is 0 Å². The fraction of sp³-hybridized carbons (Fsp3) is 0.533. The molecule has 0 saturated heterocycles. The summed E-state index contributed by atoms with van der Waals surface area (Å²) in [6.07, 6.45) is 7.41. The second-order valence-electron chi connectivity index (χ2n) is 4.43. The zero-order valence-electron chi connectivity index (χ0n) is 12.8. The van der Waals surface area contributed by atoms with Crippen LogP contribution in [0.1, 0.15) is 27.2 Å². The maximum absolute atomic E-state index is 4.44. The summed E-state index contributed by atoms with van der Waals surface area (Å²) in [6.45, 7) is 6.29. The van der Waals surface area contributed by atoms with Crippen molar-refractivity contribution in [1.29, 1.82) is 0 Å². The lowest BCUT2D eigenvalue weighted by Crippen LogP contribution is -2.14. The maximum atomic E-state index is 4.44. The summed E-state index contributed by atoms with van der Waals surface area (Å²) in [6, 6.07) is 0. The van der Waals surface area contributed by atoms with E-state index in [0.717, 1.165) is 23.4 Å². The van der Waals surface area contributed by atoms with Crippen LogP contribution in [-0.2, 0) is 0 Å². The van der Waals surface area contributed by atoms with Gasteiger partial charge in [0.05, 0.1) is 5.71 Å². The molecule has 3 nitrogen and oxygen atoms in total. The fourth-order valence-electron chi connectivity index (χ4n) is 1.58. The van der Waals surface area contributed by atoms with Gasteiger partial charge in [-0.3, -0.25) is 4.99 Å². The highest BCUT2D eigenvalue weighted by Crippen LogP contribution is 2.13. The molecule has 0 aliphatic carbocycles. The van der Waals surface area contributed by atoms with Gasteiger partial charge in [-0.25, -0.2) is 0 Å². The fourth-order valence-corrected chi connectivity index (χ4v) is 1.58. The van der Waals surface area contributed by atoms with Crippen LogP contribution in [0.2, 0.25) is 0 Å². The molecule has 0 aromatic carbocycles. The van der Waals surface area contributed by atoms with Crippen molar-refractivity contribution in [3.8, 4) is 0 Å². The van der Waals surface area contributed by atoms with Crippen LogP contribution in [0.3, 0.4) is 0 Å². The number of nitrogens with one attached hydrogen (secondary N) is 1. The molecule has 0 atom stereocenters. The highest BCUT2D eigenvalue weighted by Gasteiger charge is 2.09. The lowest BCUT2D eigenvalue weighted by Gasteiger charge is -2.14. The van der Waals surface area contributed by atoms with E-state index in [1.807, 2.05) is 33.1 Å². The molecule has 0 aliphatic rings. The van der Waals surface area contributed by atoms with E-state index in [1.165, 1.54) is 5.57 Å². The quantitative estimate of drug-likeness (QED) is 0.579. The highest BCUT2D eigenvalue weighted by molar-refractivity contribution is 6.14. The van der Waals surface area contributed by atoms with Crippen molar-refractivity contribution in [3.63, 3.8) is 0 Å². The molecule has 102 valence electrons. The standard InChI is InChI=1S/C15H27N3/c1-8-9-10-14(11-18(6)7)15(17-5)12(2)13(3)16-4/h9-11,16H,8H2,1-7H3/b10-9+,13-12+,14-11+,17-15+. The van der Waals surface area contributed by atoms with Crippen molar-refractivity contribution in [1.82, 2.24) is 10.2 Å². The Bertz CT molecular complexity index is 371. The zero-order chi connectivity index (χ0) is 14.1.